The number of nitro groups is 1. The van der Waals surface area contributed by atoms with Crippen molar-refractivity contribution < 1.29 is 9.72 Å². The first-order valence-electron chi connectivity index (χ1n) is 7.87. The molecule has 2 aliphatic carbocycles. The Bertz CT molecular complexity index is 625. The van der Waals surface area contributed by atoms with E-state index in [1.165, 1.54) is 23.9 Å². The van der Waals surface area contributed by atoms with Crippen LogP contribution in [0.5, 0.6) is 0 Å². The van der Waals surface area contributed by atoms with Crippen molar-refractivity contribution in [1.82, 2.24) is 15.1 Å². The molecule has 22 heavy (non-hydrogen) atoms. The Morgan fingerprint density at radius 2 is 2.18 bits per heavy atom. The SMILES string of the molecule is Cc1c([N+](=O)[O-])c(C(=O)N[C@H](C)[C@@H]2C[C@H]3CC[C@H]2C3)nn1C. The Balaban J connectivity index is 1.75. The van der Waals surface area contributed by atoms with E-state index in [-0.39, 0.29) is 17.4 Å². The number of hydrogen-bond acceptors (Lipinski definition) is 4. The first-order chi connectivity index (χ1) is 10.4. The Morgan fingerprint density at radius 3 is 2.73 bits per heavy atom. The van der Waals surface area contributed by atoms with Crippen LogP contribution in [0.15, 0.2) is 0 Å². The molecule has 0 saturated heterocycles. The van der Waals surface area contributed by atoms with Crippen LogP contribution in [0.3, 0.4) is 0 Å². The van der Waals surface area contributed by atoms with Crippen LogP contribution in [0.4, 0.5) is 5.69 Å². The molecule has 2 fully saturated rings. The van der Waals surface area contributed by atoms with E-state index >= 15 is 0 Å². The van der Waals surface area contributed by atoms with E-state index in [0.29, 0.717) is 17.5 Å². The standard InChI is InChI=1S/C15H22N4O3/c1-8(12-7-10-4-5-11(12)6-10)16-15(20)13-14(19(21)22)9(2)18(3)17-13/h8,10-12H,4-7H2,1-3H3,(H,16,20)/t8-,10+,11+,12+/m1/s1. The smallest absolute Gasteiger partial charge is 0.322 e. The van der Waals surface area contributed by atoms with Gasteiger partial charge >= 0.3 is 5.69 Å². The van der Waals surface area contributed by atoms with Crippen LogP contribution >= 0.6 is 0 Å². The minimum atomic E-state index is -0.528. The summed E-state index contributed by atoms with van der Waals surface area (Å²) in [5, 5.41) is 18.1. The number of aryl methyl sites for hydroxylation is 1. The highest BCUT2D eigenvalue weighted by Crippen LogP contribution is 2.49. The van der Waals surface area contributed by atoms with E-state index in [1.807, 2.05) is 6.92 Å². The van der Waals surface area contributed by atoms with Crippen LogP contribution in [0.25, 0.3) is 0 Å². The van der Waals surface area contributed by atoms with Gasteiger partial charge in [-0.1, -0.05) is 6.42 Å². The molecule has 7 nitrogen and oxygen atoms in total. The van der Waals surface area contributed by atoms with E-state index in [9.17, 15) is 14.9 Å². The number of carbonyl (C=O) groups excluding carboxylic acids is 1. The van der Waals surface area contributed by atoms with Gasteiger partial charge < -0.3 is 5.32 Å². The van der Waals surface area contributed by atoms with Gasteiger partial charge in [0.25, 0.3) is 5.91 Å². The number of aromatic nitrogens is 2. The molecule has 0 aliphatic heterocycles. The quantitative estimate of drug-likeness (QED) is 0.682. The highest BCUT2D eigenvalue weighted by molar-refractivity contribution is 5.96. The third-order valence-corrected chi connectivity index (χ3v) is 5.49. The van der Waals surface area contributed by atoms with Crippen molar-refractivity contribution in [3.8, 4) is 0 Å². The van der Waals surface area contributed by atoms with Crippen LogP contribution < -0.4 is 5.32 Å². The third kappa shape index (κ3) is 2.38. The van der Waals surface area contributed by atoms with Crippen molar-refractivity contribution in [1.29, 1.82) is 0 Å². The maximum Gasteiger partial charge on any atom is 0.322 e. The molecule has 3 rings (SSSR count). The van der Waals surface area contributed by atoms with Crippen LogP contribution in [0.1, 0.15) is 48.8 Å². The maximum absolute atomic E-state index is 12.4. The van der Waals surface area contributed by atoms with Gasteiger partial charge in [0.05, 0.1) is 4.92 Å². The number of fused-ring (bicyclic) bond motifs is 2. The number of hydrogen-bond donors (Lipinski definition) is 1. The summed E-state index contributed by atoms with van der Waals surface area (Å²) in [6.07, 6.45) is 4.99. The van der Waals surface area contributed by atoms with Gasteiger partial charge in [-0.25, -0.2) is 0 Å². The molecule has 1 N–H and O–H groups in total. The van der Waals surface area contributed by atoms with Crippen LogP contribution in [-0.2, 0) is 7.05 Å². The predicted molar refractivity (Wildman–Crippen MR) is 80.5 cm³/mol. The number of nitrogens with one attached hydrogen (secondary N) is 1. The number of amides is 1. The van der Waals surface area contributed by atoms with Gasteiger partial charge in [-0.05, 0) is 50.9 Å². The maximum atomic E-state index is 12.4. The second-order valence-electron chi connectivity index (χ2n) is 6.76. The molecule has 0 spiro atoms. The fourth-order valence-corrected chi connectivity index (χ4v) is 4.26. The number of nitrogens with zero attached hydrogens (tertiary/aromatic N) is 3. The second kappa shape index (κ2) is 5.37. The lowest BCUT2D eigenvalue weighted by atomic mass is 9.84. The van der Waals surface area contributed by atoms with Crippen molar-refractivity contribution in [3.05, 3.63) is 21.5 Å². The molecule has 0 aromatic carbocycles. The Kier molecular flexibility index (Phi) is 3.66. The summed E-state index contributed by atoms with van der Waals surface area (Å²) in [5.41, 5.74) is 0.114. The number of carbonyl (C=O) groups is 1. The van der Waals surface area contributed by atoms with Crippen molar-refractivity contribution in [2.45, 2.75) is 45.6 Å². The summed E-state index contributed by atoms with van der Waals surface area (Å²) in [7, 11) is 1.61. The molecular weight excluding hydrogens is 284 g/mol. The van der Waals surface area contributed by atoms with Gasteiger partial charge in [-0.15, -0.1) is 0 Å². The molecule has 2 bridgehead atoms. The zero-order valence-corrected chi connectivity index (χ0v) is 13.2. The van der Waals surface area contributed by atoms with Crippen molar-refractivity contribution in [2.24, 2.45) is 24.8 Å². The van der Waals surface area contributed by atoms with Gasteiger partial charge in [-0.2, -0.15) is 5.10 Å². The average molecular weight is 306 g/mol. The molecule has 0 unspecified atom stereocenters. The summed E-state index contributed by atoms with van der Waals surface area (Å²) in [6.45, 7) is 3.60. The zero-order chi connectivity index (χ0) is 16.0. The van der Waals surface area contributed by atoms with Gasteiger partial charge in [0.15, 0.2) is 0 Å². The van der Waals surface area contributed by atoms with Gasteiger partial charge in [0, 0.05) is 13.1 Å². The summed E-state index contributed by atoms with van der Waals surface area (Å²) in [4.78, 5) is 23.1. The van der Waals surface area contributed by atoms with Crippen molar-refractivity contribution in [3.63, 3.8) is 0 Å². The first kappa shape index (κ1) is 15.0. The largest absolute Gasteiger partial charge is 0.348 e. The number of rotatable bonds is 4. The van der Waals surface area contributed by atoms with Crippen LogP contribution in [-0.4, -0.2) is 26.7 Å². The van der Waals surface area contributed by atoms with E-state index in [1.54, 1.807) is 14.0 Å². The normalized spacial score (nSPS) is 27.9. The lowest BCUT2D eigenvalue weighted by Gasteiger charge is -2.28. The van der Waals surface area contributed by atoms with E-state index in [4.69, 9.17) is 0 Å². The minimum absolute atomic E-state index is 0.0321. The molecular formula is C15H22N4O3. The summed E-state index contributed by atoms with van der Waals surface area (Å²) < 4.78 is 1.38. The van der Waals surface area contributed by atoms with Gasteiger partial charge in [-0.3, -0.25) is 19.6 Å². The molecule has 2 saturated carbocycles. The molecule has 2 aliphatic rings. The van der Waals surface area contributed by atoms with E-state index in [0.717, 1.165) is 12.3 Å². The Morgan fingerprint density at radius 1 is 1.45 bits per heavy atom. The molecule has 4 atom stereocenters. The molecule has 120 valence electrons. The van der Waals surface area contributed by atoms with Crippen LogP contribution in [0.2, 0.25) is 0 Å². The van der Waals surface area contributed by atoms with E-state index in [2.05, 4.69) is 10.4 Å². The summed E-state index contributed by atoms with van der Waals surface area (Å²) in [5.74, 6) is 1.55. The lowest BCUT2D eigenvalue weighted by Crippen LogP contribution is -2.40. The minimum Gasteiger partial charge on any atom is -0.348 e. The summed E-state index contributed by atoms with van der Waals surface area (Å²) in [6, 6.07) is 0.0321. The molecule has 1 aromatic heterocycles. The highest BCUT2D eigenvalue weighted by Gasteiger charge is 2.42. The molecule has 1 aromatic rings. The summed E-state index contributed by atoms with van der Waals surface area (Å²) >= 11 is 0. The van der Waals surface area contributed by atoms with Gasteiger partial charge in [0.2, 0.25) is 5.69 Å². The molecule has 1 amide bonds. The van der Waals surface area contributed by atoms with E-state index < -0.39 is 10.8 Å². The monoisotopic (exact) mass is 306 g/mol. The lowest BCUT2D eigenvalue weighted by molar-refractivity contribution is -0.385. The predicted octanol–water partition coefficient (Wildman–Crippen LogP) is 2.19. The molecule has 0 radical (unpaired) electrons. The highest BCUT2D eigenvalue weighted by atomic mass is 16.6. The third-order valence-electron chi connectivity index (χ3n) is 5.49. The second-order valence-corrected chi connectivity index (χ2v) is 6.76. The Labute approximate surface area is 129 Å². The fraction of sp³-hybridized carbons (Fsp3) is 0.733. The fourth-order valence-electron chi connectivity index (χ4n) is 4.26. The average Bonchev–Trinajstić information content (AvgIpc) is 3.14. The van der Waals surface area contributed by atoms with Crippen LogP contribution in [0, 0.1) is 34.8 Å². The van der Waals surface area contributed by atoms with Crippen molar-refractivity contribution >= 4 is 11.6 Å². The topological polar surface area (TPSA) is 90.1 Å². The molecule has 1 heterocycles. The van der Waals surface area contributed by atoms with Crippen molar-refractivity contribution in [2.75, 3.05) is 0 Å². The first-order valence-corrected chi connectivity index (χ1v) is 7.87. The molecule has 7 heteroatoms. The zero-order valence-electron chi connectivity index (χ0n) is 13.2. The Hall–Kier alpha value is -1.92. The van der Waals surface area contributed by atoms with Gasteiger partial charge in [0.1, 0.15) is 5.69 Å².